The molecule has 2 heterocycles. The van der Waals surface area contributed by atoms with Crippen molar-refractivity contribution in [2.45, 2.75) is 27.2 Å². The third-order valence-electron chi connectivity index (χ3n) is 2.24. The van der Waals surface area contributed by atoms with E-state index in [-0.39, 0.29) is 5.78 Å². The lowest BCUT2D eigenvalue weighted by Crippen LogP contribution is -2.00. The second kappa shape index (κ2) is 5.06. The van der Waals surface area contributed by atoms with Crippen molar-refractivity contribution in [2.75, 3.05) is 0 Å². The Labute approximate surface area is 109 Å². The molecule has 0 saturated heterocycles. The molecule has 0 aliphatic heterocycles. The summed E-state index contributed by atoms with van der Waals surface area (Å²) in [6.07, 6.45) is 2.66. The van der Waals surface area contributed by atoms with Crippen molar-refractivity contribution in [2.24, 2.45) is 5.92 Å². The molecule has 0 saturated carbocycles. The van der Waals surface area contributed by atoms with E-state index in [0.717, 1.165) is 21.3 Å². The largest absolute Gasteiger partial charge is 0.293 e. The number of aromatic nitrogens is 2. The minimum atomic E-state index is 0.0414. The van der Waals surface area contributed by atoms with Gasteiger partial charge in [0.2, 0.25) is 0 Å². The first kappa shape index (κ1) is 12.4. The van der Waals surface area contributed by atoms with Gasteiger partial charge >= 0.3 is 0 Å². The molecule has 0 radical (unpaired) electrons. The van der Waals surface area contributed by atoms with E-state index in [2.05, 4.69) is 23.8 Å². The van der Waals surface area contributed by atoms with Gasteiger partial charge in [-0.15, -0.1) is 22.7 Å². The Balaban J connectivity index is 2.41. The molecule has 90 valence electrons. The van der Waals surface area contributed by atoms with Gasteiger partial charge in [-0.2, -0.15) is 0 Å². The first-order chi connectivity index (χ1) is 8.08. The van der Waals surface area contributed by atoms with Crippen LogP contribution in [0, 0.1) is 5.92 Å². The molecule has 0 atom stereocenters. The fourth-order valence-electron chi connectivity index (χ4n) is 1.56. The molecule has 0 unspecified atom stereocenters. The van der Waals surface area contributed by atoms with E-state index < -0.39 is 0 Å². The van der Waals surface area contributed by atoms with E-state index in [1.165, 1.54) is 0 Å². The van der Waals surface area contributed by atoms with Crippen LogP contribution in [0.2, 0.25) is 0 Å². The molecule has 0 fully saturated rings. The highest BCUT2D eigenvalue weighted by atomic mass is 32.1. The Hall–Kier alpha value is -1.07. The molecule has 5 heteroatoms. The molecule has 0 N–H and O–H groups in total. The van der Waals surface area contributed by atoms with Gasteiger partial charge in [-0.1, -0.05) is 13.8 Å². The molecule has 17 heavy (non-hydrogen) atoms. The van der Waals surface area contributed by atoms with Gasteiger partial charge in [-0.25, -0.2) is 9.97 Å². The molecule has 0 aliphatic rings. The minimum absolute atomic E-state index is 0.0414. The van der Waals surface area contributed by atoms with Crippen molar-refractivity contribution in [3.63, 3.8) is 0 Å². The highest BCUT2D eigenvalue weighted by Gasteiger charge is 2.17. The van der Waals surface area contributed by atoms with Crippen LogP contribution in [0.15, 0.2) is 11.6 Å². The highest BCUT2D eigenvalue weighted by molar-refractivity contribution is 7.20. The van der Waals surface area contributed by atoms with Crippen LogP contribution < -0.4 is 0 Å². The van der Waals surface area contributed by atoms with Gasteiger partial charge < -0.3 is 0 Å². The Kier molecular flexibility index (Phi) is 3.69. The zero-order valence-electron chi connectivity index (χ0n) is 10.1. The molecular weight excluding hydrogens is 252 g/mol. The average molecular weight is 266 g/mol. The van der Waals surface area contributed by atoms with Crippen LogP contribution >= 0.6 is 22.7 Å². The lowest BCUT2D eigenvalue weighted by molar-refractivity contribution is 0.101. The van der Waals surface area contributed by atoms with E-state index in [1.54, 1.807) is 35.8 Å². The standard InChI is InChI=1S/C12H14N2OS2/c1-7(2)6-9-10(8(3)15)14-12(17-9)11-13-4-5-16-11/h4-5,7H,6H2,1-3H3. The summed E-state index contributed by atoms with van der Waals surface area (Å²) < 4.78 is 0. The van der Waals surface area contributed by atoms with Gasteiger partial charge in [0.25, 0.3) is 0 Å². The summed E-state index contributed by atoms with van der Waals surface area (Å²) in [4.78, 5) is 21.3. The van der Waals surface area contributed by atoms with Crippen LogP contribution in [0.4, 0.5) is 0 Å². The van der Waals surface area contributed by atoms with Crippen LogP contribution in [0.25, 0.3) is 10.0 Å². The maximum absolute atomic E-state index is 11.6. The van der Waals surface area contributed by atoms with Crippen molar-refractivity contribution in [1.29, 1.82) is 0 Å². The van der Waals surface area contributed by atoms with Gasteiger partial charge in [0.1, 0.15) is 5.69 Å². The van der Waals surface area contributed by atoms with Crippen LogP contribution in [-0.2, 0) is 6.42 Å². The van der Waals surface area contributed by atoms with Crippen molar-refractivity contribution in [1.82, 2.24) is 9.97 Å². The average Bonchev–Trinajstić information content (AvgIpc) is 2.82. The van der Waals surface area contributed by atoms with Crippen molar-refractivity contribution in [3.8, 4) is 10.0 Å². The van der Waals surface area contributed by atoms with Crippen molar-refractivity contribution < 1.29 is 4.79 Å². The van der Waals surface area contributed by atoms with E-state index in [4.69, 9.17) is 0 Å². The van der Waals surface area contributed by atoms with Gasteiger partial charge in [0.15, 0.2) is 15.8 Å². The number of carbonyl (C=O) groups excluding carboxylic acids is 1. The fraction of sp³-hybridized carbons (Fsp3) is 0.417. The quantitative estimate of drug-likeness (QED) is 0.793. The third kappa shape index (κ3) is 2.79. The molecule has 0 spiro atoms. The van der Waals surface area contributed by atoms with E-state index in [0.29, 0.717) is 11.6 Å². The number of nitrogens with zero attached hydrogens (tertiary/aromatic N) is 2. The van der Waals surface area contributed by atoms with E-state index in [1.807, 2.05) is 5.38 Å². The summed E-state index contributed by atoms with van der Waals surface area (Å²) in [6, 6.07) is 0. The van der Waals surface area contributed by atoms with E-state index >= 15 is 0 Å². The number of rotatable bonds is 4. The summed E-state index contributed by atoms with van der Waals surface area (Å²) in [7, 11) is 0. The molecule has 2 rings (SSSR count). The number of carbonyl (C=O) groups is 1. The van der Waals surface area contributed by atoms with E-state index in [9.17, 15) is 4.79 Å². The lowest BCUT2D eigenvalue weighted by atomic mass is 10.1. The fourth-order valence-corrected chi connectivity index (χ4v) is 3.56. The zero-order valence-corrected chi connectivity index (χ0v) is 11.7. The maximum Gasteiger partial charge on any atom is 0.179 e. The molecule has 2 aromatic rings. The summed E-state index contributed by atoms with van der Waals surface area (Å²) in [5.41, 5.74) is 0.619. The van der Waals surface area contributed by atoms with Crippen LogP contribution in [0.3, 0.4) is 0 Å². The molecular formula is C12H14N2OS2. The number of Topliss-reactive ketones (excluding diaryl/α,β-unsaturated/α-hetero) is 1. The van der Waals surface area contributed by atoms with Crippen molar-refractivity contribution in [3.05, 3.63) is 22.1 Å². The Morgan fingerprint density at radius 1 is 1.41 bits per heavy atom. The Morgan fingerprint density at radius 3 is 2.71 bits per heavy atom. The first-order valence-electron chi connectivity index (χ1n) is 5.48. The minimum Gasteiger partial charge on any atom is -0.293 e. The molecule has 0 bridgehead atoms. The number of hydrogen-bond acceptors (Lipinski definition) is 5. The topological polar surface area (TPSA) is 42.9 Å². The van der Waals surface area contributed by atoms with Gasteiger partial charge in [-0.05, 0) is 12.3 Å². The predicted octanol–water partition coefficient (Wildman–Crippen LogP) is 3.67. The molecule has 0 aromatic carbocycles. The maximum atomic E-state index is 11.6. The summed E-state index contributed by atoms with van der Waals surface area (Å²) in [5, 5.41) is 3.68. The first-order valence-corrected chi connectivity index (χ1v) is 7.18. The smallest absolute Gasteiger partial charge is 0.179 e. The second-order valence-corrected chi connectivity index (χ2v) is 6.26. The van der Waals surface area contributed by atoms with Gasteiger partial charge in [-0.3, -0.25) is 4.79 Å². The number of thiazole rings is 2. The molecule has 2 aromatic heterocycles. The lowest BCUT2D eigenvalue weighted by Gasteiger charge is -2.01. The van der Waals surface area contributed by atoms with Crippen LogP contribution in [0.5, 0.6) is 0 Å². The third-order valence-corrected chi connectivity index (χ3v) is 4.23. The monoisotopic (exact) mass is 266 g/mol. The van der Waals surface area contributed by atoms with Crippen LogP contribution in [-0.4, -0.2) is 15.8 Å². The predicted molar refractivity (Wildman–Crippen MR) is 71.8 cm³/mol. The zero-order chi connectivity index (χ0) is 12.4. The summed E-state index contributed by atoms with van der Waals surface area (Å²) in [6.45, 7) is 5.86. The second-order valence-electron chi connectivity index (χ2n) is 4.28. The molecule has 0 aliphatic carbocycles. The Morgan fingerprint density at radius 2 is 2.18 bits per heavy atom. The number of ketones is 1. The summed E-state index contributed by atoms with van der Waals surface area (Å²) in [5.74, 6) is 0.567. The SMILES string of the molecule is CC(=O)c1nc(-c2nccs2)sc1CC(C)C. The van der Waals surface area contributed by atoms with Crippen LogP contribution in [0.1, 0.15) is 36.1 Å². The number of hydrogen-bond donors (Lipinski definition) is 0. The van der Waals surface area contributed by atoms with Gasteiger partial charge in [0, 0.05) is 23.4 Å². The van der Waals surface area contributed by atoms with Crippen molar-refractivity contribution >= 4 is 28.5 Å². The Bertz CT molecular complexity index is 515. The molecule has 0 amide bonds. The summed E-state index contributed by atoms with van der Waals surface area (Å²) >= 11 is 3.14. The molecule has 3 nitrogen and oxygen atoms in total. The normalized spacial score (nSPS) is 11.1. The van der Waals surface area contributed by atoms with Gasteiger partial charge in [0.05, 0.1) is 0 Å². The highest BCUT2D eigenvalue weighted by Crippen LogP contribution is 2.31.